The third-order valence-corrected chi connectivity index (χ3v) is 9.51. The number of rotatable bonds is 4. The lowest BCUT2D eigenvalue weighted by molar-refractivity contribution is -0.00000724. The minimum absolute atomic E-state index is 0. The van der Waals surface area contributed by atoms with Crippen molar-refractivity contribution in [1.29, 1.82) is 0 Å². The highest BCUT2D eigenvalue weighted by molar-refractivity contribution is 7.69. The van der Waals surface area contributed by atoms with Gasteiger partial charge in [0.1, 0.15) is 6.16 Å². The van der Waals surface area contributed by atoms with Crippen LogP contribution in [0, 0.1) is 0 Å². The Balaban J connectivity index is 0.00000176. The van der Waals surface area contributed by atoms with E-state index in [0.717, 1.165) is 78.9 Å². The number of hydrogen-bond acceptors (Lipinski definition) is 6. The molecule has 0 aromatic heterocycles. The molecule has 0 unspecified atom stereocenters. The topological polar surface area (TPSA) is 37.4 Å². The average molecular weight is 398 g/mol. The summed E-state index contributed by atoms with van der Waals surface area (Å²) >= 11 is 0. The molecule has 0 aromatic rings. The molecule has 22 heavy (non-hydrogen) atoms. The molecular formula is C14H29BrN3O3P. The maximum absolute atomic E-state index is 5.60. The van der Waals surface area contributed by atoms with Crippen LogP contribution in [0.1, 0.15) is 6.92 Å². The van der Waals surface area contributed by atoms with E-state index in [2.05, 4.69) is 20.9 Å². The standard InChI is InChI=1S/C14H29N3O3P.BrH/c1-2-21(15-3-9-18-10-4-15,16-5-11-19-12-6-16)17-7-13-20-14-8-17;/h2-14H2,1H3;1H/q+1;/p-1. The predicted molar refractivity (Wildman–Crippen MR) is 84.6 cm³/mol. The minimum Gasteiger partial charge on any atom is -1.00 e. The van der Waals surface area contributed by atoms with Crippen LogP contribution in [0.3, 0.4) is 0 Å². The van der Waals surface area contributed by atoms with Crippen molar-refractivity contribution in [2.24, 2.45) is 0 Å². The fraction of sp³-hybridized carbons (Fsp3) is 1.00. The van der Waals surface area contributed by atoms with E-state index in [4.69, 9.17) is 14.2 Å². The first-order valence-electron chi connectivity index (χ1n) is 8.25. The van der Waals surface area contributed by atoms with Gasteiger partial charge in [0.25, 0.3) is 0 Å². The summed E-state index contributed by atoms with van der Waals surface area (Å²) in [5.74, 6) is 0. The Hall–Kier alpha value is 0.670. The summed E-state index contributed by atoms with van der Waals surface area (Å²) in [7, 11) is -1.44. The molecule has 3 aliphatic heterocycles. The van der Waals surface area contributed by atoms with Crippen LogP contribution in [0.25, 0.3) is 0 Å². The molecule has 0 aromatic carbocycles. The zero-order valence-electron chi connectivity index (χ0n) is 13.6. The highest BCUT2D eigenvalue weighted by Crippen LogP contribution is 2.67. The highest BCUT2D eigenvalue weighted by Gasteiger charge is 2.55. The molecule has 3 aliphatic rings. The summed E-state index contributed by atoms with van der Waals surface area (Å²) in [4.78, 5) is 0. The zero-order chi connectivity index (χ0) is 14.5. The molecular weight excluding hydrogens is 369 g/mol. The summed E-state index contributed by atoms with van der Waals surface area (Å²) in [6.45, 7) is 14.0. The van der Waals surface area contributed by atoms with Gasteiger partial charge in [0.2, 0.25) is 7.71 Å². The second-order valence-corrected chi connectivity index (χ2v) is 9.42. The molecule has 0 aliphatic carbocycles. The first-order chi connectivity index (χ1) is 10.4. The van der Waals surface area contributed by atoms with E-state index in [1.165, 1.54) is 6.16 Å². The quantitative estimate of drug-likeness (QED) is 0.500. The van der Waals surface area contributed by atoms with E-state index in [1.54, 1.807) is 0 Å². The van der Waals surface area contributed by atoms with Gasteiger partial charge in [0.05, 0.1) is 78.9 Å². The monoisotopic (exact) mass is 397 g/mol. The van der Waals surface area contributed by atoms with Crippen LogP contribution in [0.5, 0.6) is 0 Å². The Morgan fingerprint density at radius 3 is 1.14 bits per heavy atom. The summed E-state index contributed by atoms with van der Waals surface area (Å²) in [6.07, 6.45) is 1.22. The van der Waals surface area contributed by atoms with E-state index in [0.29, 0.717) is 0 Å². The molecule has 0 radical (unpaired) electrons. The summed E-state index contributed by atoms with van der Waals surface area (Å²) in [5, 5.41) is 0. The van der Waals surface area contributed by atoms with Gasteiger partial charge in [-0.25, -0.2) is 0 Å². The summed E-state index contributed by atoms with van der Waals surface area (Å²) < 4.78 is 25.0. The van der Waals surface area contributed by atoms with Gasteiger partial charge >= 0.3 is 0 Å². The van der Waals surface area contributed by atoms with Gasteiger partial charge in [-0.15, -0.1) is 14.0 Å². The van der Waals surface area contributed by atoms with Crippen LogP contribution in [0.15, 0.2) is 0 Å². The fourth-order valence-electron chi connectivity index (χ4n) is 3.76. The number of ether oxygens (including phenoxy) is 3. The van der Waals surface area contributed by atoms with Crippen molar-refractivity contribution in [2.45, 2.75) is 6.92 Å². The molecule has 0 amide bonds. The van der Waals surface area contributed by atoms with Crippen molar-refractivity contribution >= 4 is 7.71 Å². The molecule has 3 heterocycles. The smallest absolute Gasteiger partial charge is 0.227 e. The Morgan fingerprint density at radius 2 is 0.909 bits per heavy atom. The van der Waals surface area contributed by atoms with Gasteiger partial charge in [0.15, 0.2) is 0 Å². The van der Waals surface area contributed by atoms with Crippen molar-refractivity contribution in [3.8, 4) is 0 Å². The number of morpholine rings is 3. The van der Waals surface area contributed by atoms with Gasteiger partial charge < -0.3 is 31.2 Å². The number of nitrogens with zero attached hydrogens (tertiary/aromatic N) is 3. The van der Waals surface area contributed by atoms with Crippen LogP contribution in [0.2, 0.25) is 0 Å². The molecule has 3 fully saturated rings. The maximum Gasteiger partial charge on any atom is 0.227 e. The molecule has 8 heteroatoms. The van der Waals surface area contributed by atoms with Crippen LogP contribution < -0.4 is 17.0 Å². The van der Waals surface area contributed by atoms with Gasteiger partial charge in [-0.3, -0.25) is 0 Å². The minimum atomic E-state index is -1.44. The largest absolute Gasteiger partial charge is 1.00 e. The predicted octanol–water partition coefficient (Wildman–Crippen LogP) is -2.23. The van der Waals surface area contributed by atoms with Gasteiger partial charge in [-0.05, 0) is 6.92 Å². The SMILES string of the molecule is CC[P+](N1CCOCC1)(N1CCOCC1)N1CCOCC1.[Br-]. The first kappa shape index (κ1) is 19.0. The van der Waals surface area contributed by atoms with Gasteiger partial charge in [-0.1, -0.05) is 0 Å². The maximum atomic E-state index is 5.60. The summed E-state index contributed by atoms with van der Waals surface area (Å²) in [5.41, 5.74) is 0. The third kappa shape index (κ3) is 3.83. The second kappa shape index (κ2) is 9.23. The lowest BCUT2D eigenvalue weighted by atomic mass is 10.5. The van der Waals surface area contributed by atoms with Crippen molar-refractivity contribution < 1.29 is 31.2 Å². The average Bonchev–Trinajstić information content (AvgIpc) is 2.59. The Labute approximate surface area is 145 Å². The summed E-state index contributed by atoms with van der Waals surface area (Å²) in [6, 6.07) is 0. The molecule has 0 atom stereocenters. The Morgan fingerprint density at radius 1 is 0.636 bits per heavy atom. The van der Waals surface area contributed by atoms with E-state index in [1.807, 2.05) is 0 Å². The van der Waals surface area contributed by atoms with Crippen molar-refractivity contribution in [3.63, 3.8) is 0 Å². The lowest BCUT2D eigenvalue weighted by Gasteiger charge is -2.50. The molecule has 3 rings (SSSR count). The molecule has 0 bridgehead atoms. The Kier molecular flexibility index (Phi) is 7.97. The second-order valence-electron chi connectivity index (χ2n) is 5.71. The van der Waals surface area contributed by atoms with Crippen LogP contribution in [-0.2, 0) is 14.2 Å². The molecule has 130 valence electrons. The fourth-order valence-corrected chi connectivity index (χ4v) is 8.44. The van der Waals surface area contributed by atoms with Crippen molar-refractivity contribution in [1.82, 2.24) is 14.0 Å². The molecule has 0 spiro atoms. The number of hydrogen-bond donors (Lipinski definition) is 0. The Bertz CT molecular complexity index is 277. The lowest BCUT2D eigenvalue weighted by Crippen LogP contribution is -3.00. The number of halogens is 1. The molecule has 3 saturated heterocycles. The van der Waals surface area contributed by atoms with Gasteiger partial charge in [0, 0.05) is 0 Å². The van der Waals surface area contributed by atoms with Crippen LogP contribution in [-0.4, -0.2) is 99.1 Å². The van der Waals surface area contributed by atoms with E-state index in [9.17, 15) is 0 Å². The molecule has 6 nitrogen and oxygen atoms in total. The van der Waals surface area contributed by atoms with Crippen molar-refractivity contribution in [2.75, 3.05) is 85.1 Å². The van der Waals surface area contributed by atoms with E-state index >= 15 is 0 Å². The normalized spacial score (nSPS) is 26.6. The highest BCUT2D eigenvalue weighted by atomic mass is 79.9. The van der Waals surface area contributed by atoms with Crippen molar-refractivity contribution in [3.05, 3.63) is 0 Å². The first-order valence-corrected chi connectivity index (χ1v) is 10.1. The van der Waals surface area contributed by atoms with Crippen LogP contribution in [0.4, 0.5) is 0 Å². The van der Waals surface area contributed by atoms with Gasteiger partial charge in [-0.2, -0.15) is 0 Å². The van der Waals surface area contributed by atoms with E-state index < -0.39 is 7.71 Å². The zero-order valence-corrected chi connectivity index (χ0v) is 16.1. The molecule has 0 saturated carbocycles. The van der Waals surface area contributed by atoms with E-state index in [-0.39, 0.29) is 17.0 Å². The molecule has 0 N–H and O–H groups in total. The third-order valence-electron chi connectivity index (χ3n) is 4.75. The van der Waals surface area contributed by atoms with Crippen LogP contribution >= 0.6 is 7.71 Å².